The molecular formula is C30H40N2O6S. The predicted molar refractivity (Wildman–Crippen MR) is 149 cm³/mol. The molecule has 1 heterocycles. The van der Waals surface area contributed by atoms with Gasteiger partial charge in [-0.1, -0.05) is 42.5 Å². The number of hydrogen-bond donors (Lipinski definition) is 0. The fourth-order valence-electron chi connectivity index (χ4n) is 6.95. The monoisotopic (exact) mass is 556 g/mol. The van der Waals surface area contributed by atoms with Crippen LogP contribution in [0.15, 0.2) is 54.6 Å². The van der Waals surface area contributed by atoms with Crippen molar-refractivity contribution in [2.75, 3.05) is 27.1 Å². The fourth-order valence-corrected chi connectivity index (χ4v) is 8.05. The molecule has 1 saturated heterocycles. The summed E-state index contributed by atoms with van der Waals surface area (Å²) in [6.45, 7) is 2.42. The van der Waals surface area contributed by atoms with E-state index in [0.29, 0.717) is 18.1 Å². The van der Waals surface area contributed by atoms with E-state index in [-0.39, 0.29) is 30.7 Å². The molecule has 0 radical (unpaired) electrons. The van der Waals surface area contributed by atoms with Gasteiger partial charge in [0.05, 0.1) is 39.2 Å². The van der Waals surface area contributed by atoms with Crippen LogP contribution < -0.4 is 4.74 Å². The van der Waals surface area contributed by atoms with Gasteiger partial charge in [-0.3, -0.25) is 4.90 Å². The lowest BCUT2D eigenvalue weighted by Gasteiger charge is -2.35. The lowest BCUT2D eigenvalue weighted by Crippen LogP contribution is -2.51. The van der Waals surface area contributed by atoms with Crippen molar-refractivity contribution in [1.82, 2.24) is 9.21 Å². The van der Waals surface area contributed by atoms with Crippen LogP contribution in [0.25, 0.3) is 0 Å². The number of fused-ring (bicyclic) bond motifs is 1. The average molecular weight is 557 g/mol. The molecule has 2 saturated carbocycles. The molecule has 39 heavy (non-hydrogen) atoms. The van der Waals surface area contributed by atoms with Crippen molar-refractivity contribution in [2.45, 2.75) is 75.2 Å². The van der Waals surface area contributed by atoms with E-state index in [1.165, 1.54) is 29.7 Å². The van der Waals surface area contributed by atoms with Gasteiger partial charge in [0.2, 0.25) is 10.0 Å². The fraction of sp³-hybridized carbons (Fsp3) is 0.567. The van der Waals surface area contributed by atoms with E-state index in [0.717, 1.165) is 24.8 Å². The number of amides is 1. The maximum absolute atomic E-state index is 13.1. The zero-order valence-electron chi connectivity index (χ0n) is 23.3. The molecule has 0 N–H and O–H groups in total. The zero-order valence-corrected chi connectivity index (χ0v) is 24.1. The van der Waals surface area contributed by atoms with Crippen LogP contribution in [0.3, 0.4) is 0 Å². The van der Waals surface area contributed by atoms with Gasteiger partial charge >= 0.3 is 6.09 Å². The van der Waals surface area contributed by atoms with Gasteiger partial charge in [0, 0.05) is 18.6 Å². The molecule has 9 heteroatoms. The molecule has 3 aliphatic rings. The maximum Gasteiger partial charge on any atom is 0.410 e. The molecular weight excluding hydrogens is 516 g/mol. The number of nitrogens with zero attached hydrogens (tertiary/aromatic N) is 2. The Labute approximate surface area is 232 Å². The van der Waals surface area contributed by atoms with Crippen LogP contribution >= 0.6 is 0 Å². The molecule has 5 rings (SSSR count). The van der Waals surface area contributed by atoms with Gasteiger partial charge in [0.1, 0.15) is 5.75 Å². The summed E-state index contributed by atoms with van der Waals surface area (Å²) in [7, 11) is -0.628. The van der Waals surface area contributed by atoms with E-state index in [9.17, 15) is 13.2 Å². The van der Waals surface area contributed by atoms with Gasteiger partial charge in [-0.2, -0.15) is 4.31 Å². The Balaban J connectivity index is 1.32. The van der Waals surface area contributed by atoms with Gasteiger partial charge in [0.25, 0.3) is 0 Å². The van der Waals surface area contributed by atoms with Gasteiger partial charge in [-0.25, -0.2) is 13.2 Å². The first-order valence-electron chi connectivity index (χ1n) is 13.8. The number of sulfonamides is 1. The molecule has 0 spiro atoms. The van der Waals surface area contributed by atoms with Crippen LogP contribution in [0.2, 0.25) is 0 Å². The van der Waals surface area contributed by atoms with E-state index in [1.807, 2.05) is 31.2 Å². The first kappa shape index (κ1) is 27.9. The Morgan fingerprint density at radius 1 is 1.08 bits per heavy atom. The number of likely N-dealkylation sites (tertiary alicyclic amines) is 1. The van der Waals surface area contributed by atoms with Crippen LogP contribution in [0.4, 0.5) is 4.79 Å². The van der Waals surface area contributed by atoms with Crippen LogP contribution in [-0.2, 0) is 31.5 Å². The van der Waals surface area contributed by atoms with Crippen LogP contribution in [0.1, 0.15) is 50.2 Å². The Morgan fingerprint density at radius 2 is 1.79 bits per heavy atom. The lowest BCUT2D eigenvalue weighted by molar-refractivity contribution is -0.0151. The minimum atomic E-state index is -3.59. The Hall–Kier alpha value is -2.62. The molecule has 212 valence electrons. The smallest absolute Gasteiger partial charge is 0.410 e. The topological polar surface area (TPSA) is 85.4 Å². The predicted octanol–water partition coefficient (Wildman–Crippen LogP) is 4.58. The number of carbonyl (C=O) groups is 1. The van der Waals surface area contributed by atoms with Gasteiger partial charge < -0.3 is 14.2 Å². The second-order valence-corrected chi connectivity index (χ2v) is 13.3. The molecule has 1 aliphatic heterocycles. The van der Waals surface area contributed by atoms with E-state index in [4.69, 9.17) is 14.2 Å². The zero-order chi connectivity index (χ0) is 27.8. The van der Waals surface area contributed by atoms with Crippen molar-refractivity contribution in [2.24, 2.45) is 5.92 Å². The molecule has 6 atom stereocenters. The summed E-state index contributed by atoms with van der Waals surface area (Å²) in [6.07, 6.45) is 5.61. The number of benzene rings is 2. The van der Waals surface area contributed by atoms with Crippen molar-refractivity contribution < 1.29 is 27.4 Å². The molecule has 2 aromatic carbocycles. The molecule has 0 aromatic heterocycles. The van der Waals surface area contributed by atoms with E-state index >= 15 is 0 Å². The quantitative estimate of drug-likeness (QED) is 0.450. The highest BCUT2D eigenvalue weighted by atomic mass is 32.2. The highest BCUT2D eigenvalue weighted by molar-refractivity contribution is 7.88. The van der Waals surface area contributed by atoms with Crippen molar-refractivity contribution in [1.29, 1.82) is 0 Å². The molecule has 3 unspecified atom stereocenters. The lowest BCUT2D eigenvalue weighted by atomic mass is 9.81. The molecule has 2 aliphatic carbocycles. The van der Waals surface area contributed by atoms with Crippen molar-refractivity contribution >= 4 is 16.1 Å². The highest BCUT2D eigenvalue weighted by Crippen LogP contribution is 2.62. The molecule has 1 amide bonds. The Bertz CT molecular complexity index is 1250. The summed E-state index contributed by atoms with van der Waals surface area (Å²) in [6, 6.07) is 17.1. The number of hydrogen-bond acceptors (Lipinski definition) is 6. The van der Waals surface area contributed by atoms with E-state index in [1.54, 1.807) is 12.0 Å². The normalized spacial score (nSPS) is 30.2. The molecule has 0 bridgehead atoms. The summed E-state index contributed by atoms with van der Waals surface area (Å²) in [4.78, 5) is 14.5. The third kappa shape index (κ3) is 5.67. The number of rotatable bonds is 9. The SMILES string of the molecule is COC(=O)N1[C@@H](C)C[C@H](N(Cc2ccc(OC)cc2)S(C)(=O)=O)[C@@H]1COC1CCC2(c3ccccc3)CC2C1. The standard InChI is InChI=1S/C30H40N2O6S/c1-21-16-27(31(39(4,34)35)19-22-10-12-25(36-2)13-11-22)28(32(21)29(33)37-3)20-38-26-14-15-30(18-24(30)17-26)23-8-6-5-7-9-23/h5-13,21,24,26-28H,14-20H2,1-4H3/t21-,24?,26?,27-,28-,30?/m0/s1. The van der Waals surface area contributed by atoms with Gasteiger partial charge in [0.15, 0.2) is 0 Å². The van der Waals surface area contributed by atoms with Crippen molar-refractivity contribution in [3.63, 3.8) is 0 Å². The highest BCUT2D eigenvalue weighted by Gasteiger charge is 2.58. The van der Waals surface area contributed by atoms with E-state index < -0.39 is 28.2 Å². The van der Waals surface area contributed by atoms with Crippen LogP contribution in [0.5, 0.6) is 5.75 Å². The minimum absolute atomic E-state index is 0.0960. The van der Waals surface area contributed by atoms with Gasteiger partial charge in [-0.15, -0.1) is 0 Å². The summed E-state index contributed by atoms with van der Waals surface area (Å²) < 4.78 is 44.6. The second kappa shape index (κ2) is 11.1. The summed E-state index contributed by atoms with van der Waals surface area (Å²) >= 11 is 0. The molecule has 8 nitrogen and oxygen atoms in total. The molecule has 3 fully saturated rings. The average Bonchev–Trinajstić information content (AvgIpc) is 3.59. The van der Waals surface area contributed by atoms with Crippen LogP contribution in [-0.4, -0.2) is 75.0 Å². The summed E-state index contributed by atoms with van der Waals surface area (Å²) in [5, 5.41) is 0. The summed E-state index contributed by atoms with van der Waals surface area (Å²) in [5.41, 5.74) is 2.57. The second-order valence-electron chi connectivity index (χ2n) is 11.4. The minimum Gasteiger partial charge on any atom is -0.497 e. The van der Waals surface area contributed by atoms with E-state index in [2.05, 4.69) is 30.3 Å². The van der Waals surface area contributed by atoms with Gasteiger partial charge in [-0.05, 0) is 73.6 Å². The first-order chi connectivity index (χ1) is 18.7. The van der Waals surface area contributed by atoms with Crippen LogP contribution in [0, 0.1) is 5.92 Å². The largest absolute Gasteiger partial charge is 0.497 e. The van der Waals surface area contributed by atoms with Crippen molar-refractivity contribution in [3.8, 4) is 5.75 Å². The maximum atomic E-state index is 13.1. The number of methoxy groups -OCH3 is 2. The third-order valence-electron chi connectivity index (χ3n) is 9.08. The Morgan fingerprint density at radius 3 is 2.41 bits per heavy atom. The molecule has 2 aromatic rings. The Kier molecular flexibility index (Phi) is 7.95. The number of carbonyl (C=O) groups excluding carboxylic acids is 1. The summed E-state index contributed by atoms with van der Waals surface area (Å²) in [5.74, 6) is 1.32. The first-order valence-corrected chi connectivity index (χ1v) is 15.6. The third-order valence-corrected chi connectivity index (χ3v) is 10.3. The van der Waals surface area contributed by atoms with Crippen molar-refractivity contribution in [3.05, 3.63) is 65.7 Å². The number of ether oxygens (including phenoxy) is 3.